The van der Waals surface area contributed by atoms with Crippen molar-refractivity contribution in [3.05, 3.63) is 34.9 Å². The van der Waals surface area contributed by atoms with Crippen molar-refractivity contribution < 1.29 is 4.74 Å². The fourth-order valence-electron chi connectivity index (χ4n) is 1.79. The lowest BCUT2D eigenvalue weighted by molar-refractivity contribution is 0.222. The Morgan fingerprint density at radius 1 is 1.29 bits per heavy atom. The van der Waals surface area contributed by atoms with E-state index in [9.17, 15) is 0 Å². The first kappa shape index (κ1) is 15.4. The largest absolute Gasteiger partial charge is 0.461 e. The standard InChI is InChI=1S/C14H18ClN5O/c1-4-10-6-5-7-16-11(10)8-17-13-18-12(15)19-14(20-13)21-9(2)3/h5-7,9H,4,8H2,1-3H3,(H,17,18,19,20). The van der Waals surface area contributed by atoms with Gasteiger partial charge in [0.15, 0.2) is 0 Å². The molecule has 0 aromatic carbocycles. The van der Waals surface area contributed by atoms with Crippen molar-refractivity contribution in [3.8, 4) is 6.01 Å². The number of aryl methyl sites for hydroxylation is 1. The Morgan fingerprint density at radius 2 is 2.10 bits per heavy atom. The molecule has 2 aromatic heterocycles. The molecule has 0 aliphatic heterocycles. The van der Waals surface area contributed by atoms with E-state index < -0.39 is 0 Å². The van der Waals surface area contributed by atoms with Crippen molar-refractivity contribution in [1.82, 2.24) is 19.9 Å². The van der Waals surface area contributed by atoms with E-state index in [1.807, 2.05) is 19.9 Å². The Kier molecular flexibility index (Phi) is 5.27. The van der Waals surface area contributed by atoms with Crippen molar-refractivity contribution in [1.29, 1.82) is 0 Å². The van der Waals surface area contributed by atoms with Crippen LogP contribution in [0.1, 0.15) is 32.0 Å². The Hall–Kier alpha value is -1.95. The molecule has 0 aliphatic carbocycles. The number of hydrogen-bond acceptors (Lipinski definition) is 6. The zero-order valence-electron chi connectivity index (χ0n) is 12.3. The molecule has 0 unspecified atom stereocenters. The molecule has 0 saturated heterocycles. The summed E-state index contributed by atoms with van der Waals surface area (Å²) in [5.41, 5.74) is 2.15. The molecule has 0 spiro atoms. The van der Waals surface area contributed by atoms with Crippen LogP contribution in [0.5, 0.6) is 6.01 Å². The molecule has 1 N–H and O–H groups in total. The summed E-state index contributed by atoms with van der Waals surface area (Å²) < 4.78 is 5.43. The minimum absolute atomic E-state index is 0.0289. The summed E-state index contributed by atoms with van der Waals surface area (Å²) in [6.45, 7) is 6.40. The van der Waals surface area contributed by atoms with Crippen LogP contribution >= 0.6 is 11.6 Å². The van der Waals surface area contributed by atoms with Gasteiger partial charge in [0.2, 0.25) is 11.2 Å². The summed E-state index contributed by atoms with van der Waals surface area (Å²) in [4.78, 5) is 16.5. The first-order valence-electron chi connectivity index (χ1n) is 6.83. The van der Waals surface area contributed by atoms with Crippen LogP contribution < -0.4 is 10.1 Å². The number of pyridine rings is 1. The Bertz CT molecular complexity index is 606. The van der Waals surface area contributed by atoms with Gasteiger partial charge in [0.1, 0.15) is 0 Å². The van der Waals surface area contributed by atoms with Gasteiger partial charge in [-0.2, -0.15) is 15.0 Å². The molecule has 2 aromatic rings. The number of halogens is 1. The molecular formula is C14H18ClN5O. The second-order valence-electron chi connectivity index (χ2n) is 4.69. The maximum atomic E-state index is 5.88. The monoisotopic (exact) mass is 307 g/mol. The third-order valence-corrected chi connectivity index (χ3v) is 2.88. The van der Waals surface area contributed by atoms with Crippen LogP contribution in [0.2, 0.25) is 5.28 Å². The van der Waals surface area contributed by atoms with Gasteiger partial charge in [-0.3, -0.25) is 4.98 Å². The summed E-state index contributed by atoms with van der Waals surface area (Å²) in [6, 6.07) is 4.19. The van der Waals surface area contributed by atoms with Crippen molar-refractivity contribution in [2.75, 3.05) is 5.32 Å². The first-order chi connectivity index (χ1) is 10.1. The van der Waals surface area contributed by atoms with E-state index in [4.69, 9.17) is 16.3 Å². The van der Waals surface area contributed by atoms with E-state index in [1.165, 1.54) is 5.56 Å². The van der Waals surface area contributed by atoms with Gasteiger partial charge < -0.3 is 10.1 Å². The van der Waals surface area contributed by atoms with Crippen molar-refractivity contribution in [3.63, 3.8) is 0 Å². The highest BCUT2D eigenvalue weighted by molar-refractivity contribution is 6.28. The zero-order valence-corrected chi connectivity index (χ0v) is 13.1. The maximum absolute atomic E-state index is 5.88. The van der Waals surface area contributed by atoms with Crippen LogP contribution in [0.4, 0.5) is 5.95 Å². The fourth-order valence-corrected chi connectivity index (χ4v) is 1.94. The lowest BCUT2D eigenvalue weighted by Crippen LogP contribution is -2.12. The van der Waals surface area contributed by atoms with E-state index in [0.717, 1.165) is 12.1 Å². The number of nitrogens with zero attached hydrogens (tertiary/aromatic N) is 4. The Balaban J connectivity index is 2.10. The van der Waals surface area contributed by atoms with Crippen molar-refractivity contribution >= 4 is 17.5 Å². The number of anilines is 1. The summed E-state index contributed by atoms with van der Waals surface area (Å²) in [7, 11) is 0. The van der Waals surface area contributed by atoms with Gasteiger partial charge in [-0.05, 0) is 43.5 Å². The Labute approximate surface area is 129 Å². The van der Waals surface area contributed by atoms with Gasteiger partial charge in [-0.15, -0.1) is 0 Å². The second-order valence-corrected chi connectivity index (χ2v) is 5.03. The molecule has 0 saturated carbocycles. The molecule has 0 atom stereocenters. The third-order valence-electron chi connectivity index (χ3n) is 2.71. The molecule has 0 bridgehead atoms. The molecule has 21 heavy (non-hydrogen) atoms. The van der Waals surface area contributed by atoms with Crippen LogP contribution in [-0.2, 0) is 13.0 Å². The minimum atomic E-state index is -0.0289. The smallest absolute Gasteiger partial charge is 0.322 e. The zero-order chi connectivity index (χ0) is 15.2. The summed E-state index contributed by atoms with van der Waals surface area (Å²) in [5, 5.41) is 3.20. The van der Waals surface area contributed by atoms with Gasteiger partial charge in [0.05, 0.1) is 18.3 Å². The van der Waals surface area contributed by atoms with Gasteiger partial charge in [-0.1, -0.05) is 13.0 Å². The summed E-state index contributed by atoms with van der Waals surface area (Å²) in [6.07, 6.45) is 2.66. The highest BCUT2D eigenvalue weighted by atomic mass is 35.5. The highest BCUT2D eigenvalue weighted by Crippen LogP contribution is 2.14. The quantitative estimate of drug-likeness (QED) is 0.884. The van der Waals surface area contributed by atoms with Gasteiger partial charge in [0.25, 0.3) is 0 Å². The van der Waals surface area contributed by atoms with Crippen LogP contribution in [0.3, 0.4) is 0 Å². The molecule has 0 aliphatic rings. The lowest BCUT2D eigenvalue weighted by atomic mass is 10.1. The number of rotatable bonds is 6. The molecule has 0 radical (unpaired) electrons. The van der Waals surface area contributed by atoms with E-state index in [0.29, 0.717) is 12.5 Å². The predicted octanol–water partition coefficient (Wildman–Crippen LogP) is 2.88. The third kappa shape index (κ3) is 4.53. The number of ether oxygens (including phenoxy) is 1. The lowest BCUT2D eigenvalue weighted by Gasteiger charge is -2.10. The number of aromatic nitrogens is 4. The average Bonchev–Trinajstić information content (AvgIpc) is 2.44. The molecule has 2 heterocycles. The van der Waals surface area contributed by atoms with Crippen LogP contribution in [-0.4, -0.2) is 26.0 Å². The topological polar surface area (TPSA) is 72.8 Å². The molecule has 2 rings (SSSR count). The number of hydrogen-bond donors (Lipinski definition) is 1. The number of nitrogens with one attached hydrogen (secondary N) is 1. The summed E-state index contributed by atoms with van der Waals surface area (Å²) in [5.74, 6) is 0.373. The van der Waals surface area contributed by atoms with Crippen molar-refractivity contribution in [2.45, 2.75) is 39.8 Å². The van der Waals surface area contributed by atoms with E-state index in [1.54, 1.807) is 6.20 Å². The molecule has 112 valence electrons. The SMILES string of the molecule is CCc1cccnc1CNc1nc(Cl)nc(OC(C)C)n1. The van der Waals surface area contributed by atoms with Gasteiger partial charge >= 0.3 is 6.01 Å². The average molecular weight is 308 g/mol. The molecular weight excluding hydrogens is 290 g/mol. The normalized spacial score (nSPS) is 10.7. The molecule has 0 amide bonds. The van der Waals surface area contributed by atoms with Crippen LogP contribution in [0.15, 0.2) is 18.3 Å². The summed E-state index contributed by atoms with van der Waals surface area (Å²) >= 11 is 5.88. The molecule has 6 nitrogen and oxygen atoms in total. The Morgan fingerprint density at radius 3 is 2.81 bits per heavy atom. The van der Waals surface area contributed by atoms with Crippen molar-refractivity contribution in [2.24, 2.45) is 0 Å². The first-order valence-corrected chi connectivity index (χ1v) is 7.21. The van der Waals surface area contributed by atoms with Gasteiger partial charge in [-0.25, -0.2) is 0 Å². The maximum Gasteiger partial charge on any atom is 0.322 e. The van der Waals surface area contributed by atoms with Crippen LogP contribution in [0, 0.1) is 0 Å². The highest BCUT2D eigenvalue weighted by Gasteiger charge is 2.08. The minimum Gasteiger partial charge on any atom is -0.461 e. The van der Waals surface area contributed by atoms with Crippen LogP contribution in [0.25, 0.3) is 0 Å². The fraction of sp³-hybridized carbons (Fsp3) is 0.429. The molecule has 0 fully saturated rings. The van der Waals surface area contributed by atoms with E-state index >= 15 is 0 Å². The van der Waals surface area contributed by atoms with E-state index in [2.05, 4.69) is 38.2 Å². The molecule has 7 heteroatoms. The van der Waals surface area contributed by atoms with E-state index in [-0.39, 0.29) is 17.4 Å². The van der Waals surface area contributed by atoms with Gasteiger partial charge in [0, 0.05) is 6.20 Å². The second kappa shape index (κ2) is 7.17. The predicted molar refractivity (Wildman–Crippen MR) is 81.5 cm³/mol.